The molecule has 0 saturated heterocycles. The molecule has 3 rings (SSSR count). The Bertz CT molecular complexity index is 688. The summed E-state index contributed by atoms with van der Waals surface area (Å²) in [6, 6.07) is 9.16. The number of amides is 2. The van der Waals surface area contributed by atoms with Crippen LogP contribution in [0.3, 0.4) is 0 Å². The zero-order valence-corrected chi connectivity index (χ0v) is 13.6. The first-order valence-electron chi connectivity index (χ1n) is 7.37. The Morgan fingerprint density at radius 1 is 1.09 bits per heavy atom. The van der Waals surface area contributed by atoms with Crippen molar-refractivity contribution in [2.24, 2.45) is 0 Å². The molecule has 0 fully saturated rings. The van der Waals surface area contributed by atoms with E-state index in [1.165, 1.54) is 20.2 Å². The monoisotopic (exact) mass is 315 g/mol. The molecule has 2 heterocycles. The Balaban J connectivity index is 1.62. The van der Waals surface area contributed by atoms with Crippen LogP contribution in [0.1, 0.15) is 31.2 Å². The number of quaternary nitrogens is 1. The van der Waals surface area contributed by atoms with Gasteiger partial charge < -0.3 is 4.90 Å². The quantitative estimate of drug-likeness (QED) is 0.847. The smallest absolute Gasteiger partial charge is 0.261 e. The summed E-state index contributed by atoms with van der Waals surface area (Å²) in [5, 5.41) is 2.10. The van der Waals surface area contributed by atoms with E-state index in [1.54, 1.807) is 35.6 Å². The largest absolute Gasteiger partial charge is 0.331 e. The van der Waals surface area contributed by atoms with Crippen LogP contribution in [0.15, 0.2) is 35.7 Å². The molecule has 0 aliphatic carbocycles. The average molecular weight is 315 g/mol. The summed E-state index contributed by atoms with van der Waals surface area (Å²) in [5.41, 5.74) is 2.36. The third-order valence-electron chi connectivity index (χ3n) is 4.07. The number of rotatable bonds is 5. The highest BCUT2D eigenvalue weighted by Gasteiger charge is 2.35. The van der Waals surface area contributed by atoms with Gasteiger partial charge in [-0.05, 0) is 36.1 Å². The lowest BCUT2D eigenvalue weighted by Crippen LogP contribution is -3.08. The van der Waals surface area contributed by atoms with Crippen molar-refractivity contribution in [1.82, 2.24) is 4.90 Å². The van der Waals surface area contributed by atoms with E-state index in [0.717, 1.165) is 13.1 Å². The number of likely N-dealkylation sites (N-methyl/N-ethyl adjacent to an activating group) is 1. The number of carbonyl (C=O) groups excluding carboxylic acids is 2. The molecule has 1 unspecified atom stereocenters. The van der Waals surface area contributed by atoms with Crippen molar-refractivity contribution in [2.75, 3.05) is 20.1 Å². The van der Waals surface area contributed by atoms with E-state index in [1.807, 2.05) is 0 Å². The Labute approximate surface area is 134 Å². The zero-order valence-electron chi connectivity index (χ0n) is 12.8. The van der Waals surface area contributed by atoms with Gasteiger partial charge in [0.15, 0.2) is 0 Å². The molecule has 1 aliphatic rings. The molecule has 1 aromatic carbocycles. The Kier molecular flexibility index (Phi) is 4.09. The number of imide groups is 1. The molecule has 0 spiro atoms. The van der Waals surface area contributed by atoms with Crippen LogP contribution in [0.25, 0.3) is 0 Å². The highest BCUT2D eigenvalue weighted by atomic mass is 32.1. The number of carbonyl (C=O) groups is 2. The van der Waals surface area contributed by atoms with E-state index in [-0.39, 0.29) is 11.8 Å². The molecule has 1 N–H and O–H groups in total. The fourth-order valence-corrected chi connectivity index (χ4v) is 3.71. The van der Waals surface area contributed by atoms with Gasteiger partial charge in [-0.15, -0.1) is 11.3 Å². The fraction of sp³-hybridized carbons (Fsp3) is 0.294. The predicted octanol–water partition coefficient (Wildman–Crippen LogP) is 1.37. The second-order valence-electron chi connectivity index (χ2n) is 5.72. The van der Waals surface area contributed by atoms with Crippen molar-refractivity contribution in [2.45, 2.75) is 13.5 Å². The maximum absolute atomic E-state index is 12.3. The Morgan fingerprint density at radius 2 is 1.73 bits per heavy atom. The van der Waals surface area contributed by atoms with Crippen molar-refractivity contribution < 1.29 is 14.5 Å². The number of hydrogen-bond acceptors (Lipinski definition) is 3. The maximum Gasteiger partial charge on any atom is 0.261 e. The van der Waals surface area contributed by atoms with Gasteiger partial charge in [0.1, 0.15) is 6.54 Å². The normalized spacial score (nSPS) is 15.3. The first kappa shape index (κ1) is 14.9. The third kappa shape index (κ3) is 2.69. The van der Waals surface area contributed by atoms with Gasteiger partial charge in [-0.2, -0.15) is 0 Å². The number of fused-ring (bicyclic) bond motifs is 1. The summed E-state index contributed by atoms with van der Waals surface area (Å²) in [6.45, 7) is 4.25. The van der Waals surface area contributed by atoms with Gasteiger partial charge in [0, 0.05) is 0 Å². The molecule has 114 valence electrons. The summed E-state index contributed by atoms with van der Waals surface area (Å²) in [6.07, 6.45) is 0. The van der Waals surface area contributed by atoms with Crippen LogP contribution in [-0.2, 0) is 6.54 Å². The minimum Gasteiger partial charge on any atom is -0.331 e. The summed E-state index contributed by atoms with van der Waals surface area (Å²) < 4.78 is 0. The van der Waals surface area contributed by atoms with Gasteiger partial charge in [0.2, 0.25) is 0 Å². The Morgan fingerprint density at radius 3 is 2.27 bits per heavy atom. The molecule has 1 atom stereocenters. The van der Waals surface area contributed by atoms with Gasteiger partial charge in [-0.1, -0.05) is 12.1 Å². The minimum atomic E-state index is -0.166. The third-order valence-corrected chi connectivity index (χ3v) is 5.09. The van der Waals surface area contributed by atoms with E-state index in [0.29, 0.717) is 17.7 Å². The van der Waals surface area contributed by atoms with Crippen LogP contribution in [0, 0.1) is 6.92 Å². The number of benzene rings is 1. The summed E-state index contributed by atoms with van der Waals surface area (Å²) in [4.78, 5) is 28.6. The van der Waals surface area contributed by atoms with Crippen LogP contribution in [0.5, 0.6) is 0 Å². The highest BCUT2D eigenvalue weighted by molar-refractivity contribution is 7.10. The van der Waals surface area contributed by atoms with Crippen LogP contribution >= 0.6 is 11.3 Å². The SMILES string of the molecule is Cc1ccsc1C[NH+](C)CCN1C(=O)c2ccccc2C1=O. The van der Waals surface area contributed by atoms with Gasteiger partial charge >= 0.3 is 0 Å². The molecule has 0 radical (unpaired) electrons. The van der Waals surface area contributed by atoms with Crippen LogP contribution in [0.2, 0.25) is 0 Å². The standard InChI is InChI=1S/C17H18N2O2S/c1-12-7-10-22-15(12)11-18(2)8-9-19-16(20)13-5-3-4-6-14(13)17(19)21/h3-7,10H,8-9,11H2,1-2H3/p+1. The Hall–Kier alpha value is -1.98. The van der Waals surface area contributed by atoms with Crippen LogP contribution in [-0.4, -0.2) is 36.9 Å². The van der Waals surface area contributed by atoms with Crippen LogP contribution in [0.4, 0.5) is 0 Å². The zero-order chi connectivity index (χ0) is 15.7. The lowest BCUT2D eigenvalue weighted by atomic mass is 10.1. The van der Waals surface area contributed by atoms with E-state index >= 15 is 0 Å². The summed E-state index contributed by atoms with van der Waals surface area (Å²) >= 11 is 1.76. The van der Waals surface area contributed by atoms with Crippen LogP contribution < -0.4 is 4.90 Å². The number of thiophene rings is 1. The molecular weight excluding hydrogens is 296 g/mol. The minimum absolute atomic E-state index is 0.166. The number of aryl methyl sites for hydroxylation is 1. The second kappa shape index (κ2) is 6.02. The summed E-state index contributed by atoms with van der Waals surface area (Å²) in [7, 11) is 2.09. The lowest BCUT2D eigenvalue weighted by molar-refractivity contribution is -0.892. The number of hydrogen-bond donors (Lipinski definition) is 1. The molecule has 1 aliphatic heterocycles. The van der Waals surface area contributed by atoms with Crippen molar-refractivity contribution in [3.8, 4) is 0 Å². The van der Waals surface area contributed by atoms with Crippen molar-refractivity contribution >= 4 is 23.2 Å². The maximum atomic E-state index is 12.3. The molecule has 5 heteroatoms. The average Bonchev–Trinajstić information content (AvgIpc) is 3.01. The predicted molar refractivity (Wildman–Crippen MR) is 86.3 cm³/mol. The van der Waals surface area contributed by atoms with Crippen molar-refractivity contribution in [3.63, 3.8) is 0 Å². The number of nitrogens with zero attached hydrogens (tertiary/aromatic N) is 1. The molecule has 4 nitrogen and oxygen atoms in total. The lowest BCUT2D eigenvalue weighted by Gasteiger charge is -2.18. The fourth-order valence-electron chi connectivity index (χ4n) is 2.69. The van der Waals surface area contributed by atoms with Gasteiger partial charge in [-0.3, -0.25) is 14.5 Å². The molecule has 2 amide bonds. The van der Waals surface area contributed by atoms with E-state index < -0.39 is 0 Å². The van der Waals surface area contributed by atoms with Crippen molar-refractivity contribution in [3.05, 3.63) is 57.3 Å². The highest BCUT2D eigenvalue weighted by Crippen LogP contribution is 2.21. The number of nitrogens with one attached hydrogen (secondary N) is 1. The first-order valence-corrected chi connectivity index (χ1v) is 8.25. The topological polar surface area (TPSA) is 41.8 Å². The molecule has 1 aromatic heterocycles. The van der Waals surface area contributed by atoms with E-state index in [9.17, 15) is 9.59 Å². The second-order valence-corrected chi connectivity index (χ2v) is 6.72. The van der Waals surface area contributed by atoms with E-state index in [2.05, 4.69) is 25.4 Å². The van der Waals surface area contributed by atoms with Gasteiger partial charge in [0.05, 0.1) is 36.1 Å². The molecule has 2 aromatic rings. The van der Waals surface area contributed by atoms with E-state index in [4.69, 9.17) is 0 Å². The van der Waals surface area contributed by atoms with Gasteiger partial charge in [0.25, 0.3) is 11.8 Å². The van der Waals surface area contributed by atoms with Crippen molar-refractivity contribution in [1.29, 1.82) is 0 Å². The molecular formula is C17H19N2O2S+. The summed E-state index contributed by atoms with van der Waals surface area (Å²) in [5.74, 6) is -0.332. The molecule has 0 bridgehead atoms. The molecule has 0 saturated carbocycles. The first-order chi connectivity index (χ1) is 10.6. The molecule has 22 heavy (non-hydrogen) atoms. The van der Waals surface area contributed by atoms with Gasteiger partial charge in [-0.25, -0.2) is 0 Å².